The number of carbonyl (C=O) groups is 1. The molecule has 4 heteroatoms. The highest BCUT2D eigenvalue weighted by molar-refractivity contribution is 5.98. The van der Waals surface area contributed by atoms with Crippen LogP contribution in [-0.4, -0.2) is 26.2 Å². The lowest BCUT2D eigenvalue weighted by atomic mass is 10.0. The number of hydrogen-bond acceptors (Lipinski definition) is 4. The summed E-state index contributed by atoms with van der Waals surface area (Å²) in [4.78, 5) is 13.7. The van der Waals surface area contributed by atoms with Crippen LogP contribution in [0, 0.1) is 5.92 Å². The zero-order valence-corrected chi connectivity index (χ0v) is 12.4. The van der Waals surface area contributed by atoms with Crippen molar-refractivity contribution >= 4 is 17.3 Å². The van der Waals surface area contributed by atoms with Crippen LogP contribution in [0.3, 0.4) is 0 Å². The average molecular weight is 264 g/mol. The zero-order chi connectivity index (χ0) is 14.6. The fourth-order valence-electron chi connectivity index (χ4n) is 2.23. The molecule has 0 saturated carbocycles. The van der Waals surface area contributed by atoms with Crippen molar-refractivity contribution in [3.63, 3.8) is 0 Å². The number of nitrogens with two attached hydrogens (primary N) is 1. The number of ether oxygens (including phenoxy) is 1. The summed E-state index contributed by atoms with van der Waals surface area (Å²) in [6.45, 7) is 6.54. The van der Waals surface area contributed by atoms with Gasteiger partial charge in [0.2, 0.25) is 0 Å². The van der Waals surface area contributed by atoms with Gasteiger partial charge in [0.25, 0.3) is 0 Å². The van der Waals surface area contributed by atoms with Crippen LogP contribution in [0.15, 0.2) is 18.2 Å². The van der Waals surface area contributed by atoms with E-state index >= 15 is 0 Å². The van der Waals surface area contributed by atoms with E-state index in [9.17, 15) is 4.79 Å². The molecule has 0 aromatic heterocycles. The first-order valence-corrected chi connectivity index (χ1v) is 6.58. The lowest BCUT2D eigenvalue weighted by molar-refractivity contribution is 0.0602. The van der Waals surface area contributed by atoms with Crippen molar-refractivity contribution < 1.29 is 9.53 Å². The number of esters is 1. The molecule has 0 amide bonds. The maximum atomic E-state index is 11.6. The summed E-state index contributed by atoms with van der Waals surface area (Å²) < 4.78 is 4.74. The molecule has 19 heavy (non-hydrogen) atoms. The van der Waals surface area contributed by atoms with Crippen LogP contribution < -0.4 is 10.6 Å². The van der Waals surface area contributed by atoms with Crippen molar-refractivity contribution in [3.05, 3.63) is 23.8 Å². The van der Waals surface area contributed by atoms with E-state index in [0.717, 1.165) is 12.1 Å². The molecule has 0 aliphatic carbocycles. The van der Waals surface area contributed by atoms with Crippen molar-refractivity contribution in [2.75, 3.05) is 24.8 Å². The van der Waals surface area contributed by atoms with Crippen LogP contribution in [0.25, 0.3) is 0 Å². The molecule has 0 heterocycles. The van der Waals surface area contributed by atoms with Crippen molar-refractivity contribution in [2.45, 2.75) is 33.2 Å². The van der Waals surface area contributed by atoms with E-state index in [1.165, 1.54) is 7.11 Å². The molecule has 0 aliphatic heterocycles. The van der Waals surface area contributed by atoms with Gasteiger partial charge in [-0.15, -0.1) is 0 Å². The van der Waals surface area contributed by atoms with Gasteiger partial charge < -0.3 is 15.4 Å². The minimum absolute atomic E-state index is 0.357. The first-order valence-electron chi connectivity index (χ1n) is 6.58. The zero-order valence-electron chi connectivity index (χ0n) is 12.4. The normalized spacial score (nSPS) is 12.3. The highest BCUT2D eigenvalue weighted by atomic mass is 16.5. The highest BCUT2D eigenvalue weighted by Gasteiger charge is 2.18. The van der Waals surface area contributed by atoms with Gasteiger partial charge in [0, 0.05) is 13.1 Å². The first kappa shape index (κ1) is 15.3. The summed E-state index contributed by atoms with van der Waals surface area (Å²) in [5, 5.41) is 0. The van der Waals surface area contributed by atoms with Gasteiger partial charge in [0.1, 0.15) is 0 Å². The van der Waals surface area contributed by atoms with E-state index in [4.69, 9.17) is 10.5 Å². The second-order valence-corrected chi connectivity index (χ2v) is 5.32. The molecule has 1 atom stereocenters. The first-order chi connectivity index (χ1) is 8.88. The second-order valence-electron chi connectivity index (χ2n) is 5.32. The average Bonchev–Trinajstić information content (AvgIpc) is 2.36. The van der Waals surface area contributed by atoms with Crippen LogP contribution in [0.5, 0.6) is 0 Å². The molecule has 0 spiro atoms. The van der Waals surface area contributed by atoms with E-state index in [1.807, 2.05) is 19.2 Å². The topological polar surface area (TPSA) is 55.6 Å². The van der Waals surface area contributed by atoms with Crippen LogP contribution in [-0.2, 0) is 4.74 Å². The van der Waals surface area contributed by atoms with Gasteiger partial charge in [-0.1, -0.05) is 19.9 Å². The molecule has 0 saturated heterocycles. The van der Waals surface area contributed by atoms with Gasteiger partial charge in [-0.25, -0.2) is 4.79 Å². The van der Waals surface area contributed by atoms with Crippen molar-refractivity contribution in [1.82, 2.24) is 0 Å². The molecule has 2 N–H and O–H groups in total. The molecule has 0 radical (unpaired) electrons. The summed E-state index contributed by atoms with van der Waals surface area (Å²) in [5.41, 5.74) is 7.86. The molecule has 106 valence electrons. The second kappa shape index (κ2) is 6.45. The molecule has 1 aromatic carbocycles. The Morgan fingerprint density at radius 3 is 2.53 bits per heavy atom. The van der Waals surface area contributed by atoms with Crippen molar-refractivity contribution in [3.8, 4) is 0 Å². The van der Waals surface area contributed by atoms with Crippen LogP contribution >= 0.6 is 0 Å². The summed E-state index contributed by atoms with van der Waals surface area (Å²) in [6.07, 6.45) is 1.07. The van der Waals surface area contributed by atoms with Crippen molar-refractivity contribution in [2.24, 2.45) is 5.92 Å². The molecule has 1 unspecified atom stereocenters. The number of benzene rings is 1. The van der Waals surface area contributed by atoms with Gasteiger partial charge >= 0.3 is 5.97 Å². The van der Waals surface area contributed by atoms with Gasteiger partial charge in [0.05, 0.1) is 24.0 Å². The Labute approximate surface area is 115 Å². The Morgan fingerprint density at radius 2 is 2.00 bits per heavy atom. The lowest BCUT2D eigenvalue weighted by Gasteiger charge is -2.29. The fraction of sp³-hybridized carbons (Fsp3) is 0.533. The summed E-state index contributed by atoms with van der Waals surface area (Å²) in [5.74, 6) is 0.215. The Kier molecular flexibility index (Phi) is 5.21. The molecule has 1 aromatic rings. The highest BCUT2D eigenvalue weighted by Crippen LogP contribution is 2.28. The quantitative estimate of drug-likeness (QED) is 0.656. The number of para-hydroxylation sites is 1. The van der Waals surface area contributed by atoms with Gasteiger partial charge in [-0.05, 0) is 31.4 Å². The SMILES string of the molecule is COC(=O)c1cccc(N(C)C(C)CC(C)C)c1N. The number of nitrogen functional groups attached to an aromatic ring is 1. The van der Waals surface area contributed by atoms with E-state index in [0.29, 0.717) is 23.2 Å². The maximum Gasteiger partial charge on any atom is 0.340 e. The number of carbonyl (C=O) groups excluding carboxylic acids is 1. The maximum absolute atomic E-state index is 11.6. The smallest absolute Gasteiger partial charge is 0.340 e. The van der Waals surface area contributed by atoms with Crippen LogP contribution in [0.1, 0.15) is 37.6 Å². The number of methoxy groups -OCH3 is 1. The predicted octanol–water partition coefficient (Wildman–Crippen LogP) is 2.93. The standard InChI is InChI=1S/C15H24N2O2/c1-10(2)9-11(3)17(4)13-8-6-7-12(14(13)16)15(18)19-5/h6-8,10-11H,9,16H2,1-5H3. The number of rotatable bonds is 5. The summed E-state index contributed by atoms with van der Waals surface area (Å²) in [6, 6.07) is 5.80. The molecule has 4 nitrogen and oxygen atoms in total. The predicted molar refractivity (Wildman–Crippen MR) is 79.5 cm³/mol. The molecule has 0 bridgehead atoms. The monoisotopic (exact) mass is 264 g/mol. The molecular weight excluding hydrogens is 240 g/mol. The van der Waals surface area contributed by atoms with Crippen molar-refractivity contribution in [1.29, 1.82) is 0 Å². The van der Waals surface area contributed by atoms with Gasteiger partial charge in [-0.3, -0.25) is 0 Å². The third-order valence-electron chi connectivity index (χ3n) is 3.34. The number of nitrogens with zero attached hydrogens (tertiary/aromatic N) is 1. The summed E-state index contributed by atoms with van der Waals surface area (Å²) >= 11 is 0. The Morgan fingerprint density at radius 1 is 1.37 bits per heavy atom. The Bertz CT molecular complexity index is 444. The Balaban J connectivity index is 3.04. The number of hydrogen-bond donors (Lipinski definition) is 1. The van der Waals surface area contributed by atoms with Gasteiger partial charge in [0.15, 0.2) is 0 Å². The third-order valence-corrected chi connectivity index (χ3v) is 3.34. The van der Waals surface area contributed by atoms with E-state index in [1.54, 1.807) is 6.07 Å². The largest absolute Gasteiger partial charge is 0.465 e. The van der Waals surface area contributed by atoms with Gasteiger partial charge in [-0.2, -0.15) is 0 Å². The van der Waals surface area contributed by atoms with E-state index < -0.39 is 5.97 Å². The minimum atomic E-state index is -0.399. The molecule has 1 rings (SSSR count). The fourth-order valence-corrected chi connectivity index (χ4v) is 2.23. The minimum Gasteiger partial charge on any atom is -0.465 e. The molecule has 0 fully saturated rings. The third kappa shape index (κ3) is 3.63. The Hall–Kier alpha value is -1.71. The van der Waals surface area contributed by atoms with Crippen LogP contribution in [0.2, 0.25) is 0 Å². The van der Waals surface area contributed by atoms with E-state index in [2.05, 4.69) is 25.7 Å². The molecule has 0 aliphatic rings. The summed E-state index contributed by atoms with van der Waals surface area (Å²) in [7, 11) is 3.36. The number of anilines is 2. The van der Waals surface area contributed by atoms with E-state index in [-0.39, 0.29) is 0 Å². The molecular formula is C15H24N2O2. The lowest BCUT2D eigenvalue weighted by Crippen LogP contribution is -2.31. The van der Waals surface area contributed by atoms with Crippen LogP contribution in [0.4, 0.5) is 11.4 Å².